The maximum atomic E-state index is 12.2. The molecule has 5 heteroatoms. The zero-order chi connectivity index (χ0) is 14.7. The second-order valence-corrected chi connectivity index (χ2v) is 4.57. The summed E-state index contributed by atoms with van der Waals surface area (Å²) in [7, 11) is 0. The monoisotopic (exact) mass is 279 g/mol. The first-order valence-corrected chi connectivity index (χ1v) is 6.50. The van der Waals surface area contributed by atoms with Crippen LogP contribution in [0.2, 0.25) is 0 Å². The molecule has 0 atom stereocenters. The lowest BCUT2D eigenvalue weighted by Crippen LogP contribution is -2.23. The lowest BCUT2D eigenvalue weighted by Gasteiger charge is -2.07. The number of pyridine rings is 2. The van der Waals surface area contributed by atoms with Crippen molar-refractivity contribution in [1.29, 1.82) is 0 Å². The largest absolute Gasteiger partial charge is 0.507 e. The molecule has 2 aromatic heterocycles. The smallest absolute Gasteiger partial charge is 0.255 e. The molecule has 3 aromatic rings. The second kappa shape index (κ2) is 5.58. The number of nitrogens with one attached hydrogen (secondary N) is 1. The van der Waals surface area contributed by atoms with Crippen LogP contribution in [0.4, 0.5) is 0 Å². The van der Waals surface area contributed by atoms with Crippen molar-refractivity contribution in [2.45, 2.75) is 6.54 Å². The van der Waals surface area contributed by atoms with Crippen molar-refractivity contribution in [3.63, 3.8) is 0 Å². The molecule has 0 unspecified atom stereocenters. The van der Waals surface area contributed by atoms with Gasteiger partial charge < -0.3 is 10.4 Å². The summed E-state index contributed by atoms with van der Waals surface area (Å²) in [5, 5.41) is 13.5. The van der Waals surface area contributed by atoms with Crippen molar-refractivity contribution in [1.82, 2.24) is 15.3 Å². The molecule has 2 N–H and O–H groups in total. The lowest BCUT2D eigenvalue weighted by molar-refractivity contribution is 0.0948. The molecule has 0 aliphatic heterocycles. The number of nitrogens with zero attached hydrogens (tertiary/aromatic N) is 2. The summed E-state index contributed by atoms with van der Waals surface area (Å²) in [4.78, 5) is 20.5. The van der Waals surface area contributed by atoms with Crippen LogP contribution in [0.25, 0.3) is 10.9 Å². The third-order valence-electron chi connectivity index (χ3n) is 3.12. The minimum absolute atomic E-state index is 0.0611. The molecule has 0 radical (unpaired) electrons. The van der Waals surface area contributed by atoms with Gasteiger partial charge in [-0.1, -0.05) is 12.1 Å². The third-order valence-corrected chi connectivity index (χ3v) is 3.12. The molecule has 104 valence electrons. The van der Waals surface area contributed by atoms with E-state index in [1.165, 1.54) is 6.07 Å². The molecule has 1 aromatic carbocycles. The molecule has 0 bridgehead atoms. The van der Waals surface area contributed by atoms with Crippen LogP contribution < -0.4 is 5.32 Å². The first-order valence-electron chi connectivity index (χ1n) is 6.50. The molecule has 0 saturated heterocycles. The van der Waals surface area contributed by atoms with Gasteiger partial charge in [0.1, 0.15) is 5.75 Å². The summed E-state index contributed by atoms with van der Waals surface area (Å²) in [6, 6.07) is 12.2. The first kappa shape index (κ1) is 13.1. The fourth-order valence-corrected chi connectivity index (χ4v) is 2.06. The number of rotatable bonds is 3. The van der Waals surface area contributed by atoms with Crippen molar-refractivity contribution in [2.75, 3.05) is 0 Å². The van der Waals surface area contributed by atoms with E-state index in [4.69, 9.17) is 0 Å². The van der Waals surface area contributed by atoms with Gasteiger partial charge in [0.25, 0.3) is 5.91 Å². The Morgan fingerprint density at radius 2 is 1.95 bits per heavy atom. The van der Waals surface area contributed by atoms with Gasteiger partial charge in [0.2, 0.25) is 0 Å². The number of carbonyl (C=O) groups excluding carboxylic acids is 1. The van der Waals surface area contributed by atoms with E-state index < -0.39 is 0 Å². The van der Waals surface area contributed by atoms with Gasteiger partial charge in [-0.3, -0.25) is 14.8 Å². The number of phenols is 1. The number of carbonyl (C=O) groups is 1. The minimum atomic E-state index is -0.356. The lowest BCUT2D eigenvalue weighted by atomic mass is 10.1. The fourth-order valence-electron chi connectivity index (χ4n) is 2.06. The quantitative estimate of drug-likeness (QED) is 0.771. The van der Waals surface area contributed by atoms with E-state index in [2.05, 4.69) is 15.3 Å². The van der Waals surface area contributed by atoms with E-state index in [1.807, 2.05) is 24.3 Å². The summed E-state index contributed by atoms with van der Waals surface area (Å²) in [5.74, 6) is -0.417. The Labute approximate surface area is 121 Å². The molecular formula is C16H13N3O2. The van der Waals surface area contributed by atoms with Gasteiger partial charge >= 0.3 is 0 Å². The molecule has 5 nitrogen and oxygen atoms in total. The predicted molar refractivity (Wildman–Crippen MR) is 78.8 cm³/mol. The Kier molecular flexibility index (Phi) is 3.47. The zero-order valence-corrected chi connectivity index (χ0v) is 11.2. The van der Waals surface area contributed by atoms with Gasteiger partial charge in [0, 0.05) is 17.8 Å². The molecule has 0 spiro atoms. The molecule has 0 saturated carbocycles. The number of amides is 1. The number of aromatic nitrogens is 2. The summed E-state index contributed by atoms with van der Waals surface area (Å²) in [6.07, 6.45) is 3.31. The highest BCUT2D eigenvalue weighted by Crippen LogP contribution is 2.23. The van der Waals surface area contributed by atoms with Crippen molar-refractivity contribution >= 4 is 16.8 Å². The molecule has 0 fully saturated rings. The normalized spacial score (nSPS) is 10.5. The van der Waals surface area contributed by atoms with Crippen LogP contribution in [0.15, 0.2) is 54.9 Å². The first-order chi connectivity index (χ1) is 10.2. The van der Waals surface area contributed by atoms with E-state index >= 15 is 0 Å². The van der Waals surface area contributed by atoms with Gasteiger partial charge in [-0.15, -0.1) is 0 Å². The molecule has 2 heterocycles. The van der Waals surface area contributed by atoms with E-state index in [-0.39, 0.29) is 17.2 Å². The Hall–Kier alpha value is -2.95. The average Bonchev–Trinajstić information content (AvgIpc) is 2.53. The van der Waals surface area contributed by atoms with Crippen LogP contribution in [-0.4, -0.2) is 21.0 Å². The Morgan fingerprint density at radius 3 is 2.76 bits per heavy atom. The highest BCUT2D eigenvalue weighted by molar-refractivity contribution is 6.00. The van der Waals surface area contributed by atoms with E-state index in [0.29, 0.717) is 12.1 Å². The number of fused-ring (bicyclic) bond motifs is 1. The van der Waals surface area contributed by atoms with Gasteiger partial charge in [-0.05, 0) is 30.3 Å². The van der Waals surface area contributed by atoms with Crippen molar-refractivity contribution in [3.8, 4) is 5.75 Å². The van der Waals surface area contributed by atoms with Crippen LogP contribution >= 0.6 is 0 Å². The summed E-state index contributed by atoms with van der Waals surface area (Å²) < 4.78 is 0. The van der Waals surface area contributed by atoms with Crippen LogP contribution in [0, 0.1) is 0 Å². The topological polar surface area (TPSA) is 75.1 Å². The molecular weight excluding hydrogens is 266 g/mol. The van der Waals surface area contributed by atoms with Gasteiger partial charge in [0.05, 0.1) is 23.3 Å². The number of hydrogen-bond donors (Lipinski definition) is 2. The van der Waals surface area contributed by atoms with Crippen molar-refractivity contribution < 1.29 is 9.90 Å². The summed E-state index contributed by atoms with van der Waals surface area (Å²) in [6.45, 7) is 0.305. The number of benzene rings is 1. The number of phenolic OH excluding ortho intramolecular Hbond substituents is 1. The minimum Gasteiger partial charge on any atom is -0.507 e. The van der Waals surface area contributed by atoms with E-state index in [0.717, 1.165) is 11.1 Å². The van der Waals surface area contributed by atoms with Crippen molar-refractivity contribution in [2.24, 2.45) is 0 Å². The Balaban J connectivity index is 1.82. The second-order valence-electron chi connectivity index (χ2n) is 4.57. The Morgan fingerprint density at radius 1 is 1.10 bits per heavy atom. The van der Waals surface area contributed by atoms with E-state index in [1.54, 1.807) is 24.5 Å². The van der Waals surface area contributed by atoms with Crippen molar-refractivity contribution in [3.05, 3.63) is 66.1 Å². The van der Waals surface area contributed by atoms with Gasteiger partial charge in [0.15, 0.2) is 0 Å². The number of hydrogen-bond acceptors (Lipinski definition) is 4. The van der Waals surface area contributed by atoms with E-state index in [9.17, 15) is 9.90 Å². The molecule has 0 aliphatic rings. The standard InChI is InChI=1S/C16H13N3O2/c20-15-8-11-4-3-7-18-14(11)9-13(15)16(21)19-10-12-5-1-2-6-17-12/h1-9,20H,10H2,(H,19,21). The highest BCUT2D eigenvalue weighted by atomic mass is 16.3. The van der Waals surface area contributed by atoms with Crippen LogP contribution in [0.3, 0.4) is 0 Å². The van der Waals surface area contributed by atoms with Gasteiger partial charge in [-0.2, -0.15) is 0 Å². The van der Waals surface area contributed by atoms with Gasteiger partial charge in [-0.25, -0.2) is 0 Å². The fraction of sp³-hybridized carbons (Fsp3) is 0.0625. The summed E-state index contributed by atoms with van der Waals surface area (Å²) >= 11 is 0. The molecule has 3 rings (SSSR count). The Bertz CT molecular complexity index is 788. The third kappa shape index (κ3) is 2.81. The predicted octanol–water partition coefficient (Wildman–Crippen LogP) is 2.27. The van der Waals surface area contributed by atoms with Crippen LogP contribution in [0.1, 0.15) is 16.1 Å². The molecule has 1 amide bonds. The SMILES string of the molecule is O=C(NCc1ccccn1)c1cc2ncccc2cc1O. The highest BCUT2D eigenvalue weighted by Gasteiger charge is 2.12. The summed E-state index contributed by atoms with van der Waals surface area (Å²) in [5.41, 5.74) is 1.62. The number of aromatic hydroxyl groups is 1. The van der Waals surface area contributed by atoms with Crippen LogP contribution in [0.5, 0.6) is 5.75 Å². The molecule has 0 aliphatic carbocycles. The maximum absolute atomic E-state index is 12.2. The average molecular weight is 279 g/mol. The zero-order valence-electron chi connectivity index (χ0n) is 11.2. The maximum Gasteiger partial charge on any atom is 0.255 e. The van der Waals surface area contributed by atoms with Crippen LogP contribution in [-0.2, 0) is 6.54 Å². The molecule has 21 heavy (non-hydrogen) atoms.